The number of aromatic nitrogens is 5. The molecule has 0 N–H and O–H groups in total. The topological polar surface area (TPSA) is 154 Å². The summed E-state index contributed by atoms with van der Waals surface area (Å²) in [4.78, 5) is 26.7. The van der Waals surface area contributed by atoms with E-state index in [-0.39, 0.29) is 50.5 Å². The van der Waals surface area contributed by atoms with Crippen LogP contribution in [0.4, 0.5) is 43.8 Å². The fourth-order valence-corrected chi connectivity index (χ4v) is 9.77. The van der Waals surface area contributed by atoms with Crippen LogP contribution in [0.3, 0.4) is 0 Å². The summed E-state index contributed by atoms with van der Waals surface area (Å²) in [5.74, 6) is -2.27. The molecule has 406 valence electrons. The van der Waals surface area contributed by atoms with Gasteiger partial charge in [0.1, 0.15) is 69.3 Å². The average Bonchev–Trinajstić information content (AvgIpc) is 3.76. The molecule has 15 nitrogen and oxygen atoms in total. The van der Waals surface area contributed by atoms with Crippen LogP contribution in [-0.2, 0) is 42.2 Å². The lowest BCUT2D eigenvalue weighted by atomic mass is 10.0. The molecule has 0 radical (unpaired) electrons. The van der Waals surface area contributed by atoms with Gasteiger partial charge >= 0.3 is 6.18 Å². The number of sulfone groups is 1. The summed E-state index contributed by atoms with van der Waals surface area (Å²) >= 11 is 0. The van der Waals surface area contributed by atoms with Crippen LogP contribution in [0, 0.1) is 24.4 Å². The van der Waals surface area contributed by atoms with Gasteiger partial charge in [-0.3, -0.25) is 0 Å². The highest BCUT2D eigenvalue weighted by molar-refractivity contribution is 7.90. The van der Waals surface area contributed by atoms with Crippen LogP contribution in [0.25, 0.3) is 22.3 Å². The van der Waals surface area contributed by atoms with Crippen LogP contribution in [0.2, 0.25) is 0 Å². The summed E-state index contributed by atoms with van der Waals surface area (Å²) in [6, 6.07) is 28.4. The third-order valence-electron chi connectivity index (χ3n) is 13.3. The molecule has 4 aromatic carbocycles. The van der Waals surface area contributed by atoms with Gasteiger partial charge in [-0.05, 0) is 90.7 Å². The Morgan fingerprint density at radius 1 is 0.654 bits per heavy atom. The summed E-state index contributed by atoms with van der Waals surface area (Å²) in [5.41, 5.74) is -2.37. The van der Waals surface area contributed by atoms with Crippen LogP contribution in [-0.4, -0.2) is 81.2 Å². The highest BCUT2D eigenvalue weighted by Crippen LogP contribution is 2.46. The van der Waals surface area contributed by atoms with Crippen LogP contribution in [0.5, 0.6) is 28.9 Å². The lowest BCUT2D eigenvalue weighted by Gasteiger charge is -2.33. The maximum atomic E-state index is 17.9. The smallest absolute Gasteiger partial charge is 0.418 e. The van der Waals surface area contributed by atoms with Gasteiger partial charge in [0.05, 0.1) is 52.8 Å². The normalized spacial score (nSPS) is 12.9. The molecule has 22 heteroatoms. The number of hydrogen-bond acceptors (Lipinski definition) is 15. The molecule has 0 saturated carbocycles. The fourth-order valence-electron chi connectivity index (χ4n) is 9.26. The van der Waals surface area contributed by atoms with Crippen molar-refractivity contribution in [2.24, 2.45) is 0 Å². The van der Waals surface area contributed by atoms with E-state index in [9.17, 15) is 8.42 Å². The number of methoxy groups -OCH3 is 4. The number of nitrogens with zero attached hydrogens (tertiary/aromatic N) is 8. The number of halogens is 6. The van der Waals surface area contributed by atoms with Crippen molar-refractivity contribution in [2.45, 2.75) is 57.4 Å². The summed E-state index contributed by atoms with van der Waals surface area (Å²) < 4.78 is 151. The van der Waals surface area contributed by atoms with E-state index in [2.05, 4.69) is 24.9 Å². The van der Waals surface area contributed by atoms with Crippen LogP contribution in [0.15, 0.2) is 114 Å². The van der Waals surface area contributed by atoms with Crippen LogP contribution < -0.4 is 38.4 Å². The van der Waals surface area contributed by atoms with Crippen molar-refractivity contribution >= 4 is 38.2 Å². The molecule has 5 heterocycles. The molecule has 4 aromatic heterocycles. The Labute approximate surface area is 445 Å². The van der Waals surface area contributed by atoms with Crippen molar-refractivity contribution in [1.29, 1.82) is 0 Å². The van der Waals surface area contributed by atoms with Crippen molar-refractivity contribution in [3.63, 3.8) is 0 Å². The first-order valence-corrected chi connectivity index (χ1v) is 26.1. The second-order valence-corrected chi connectivity index (χ2v) is 20.3. The highest BCUT2D eigenvalue weighted by Gasteiger charge is 2.42. The summed E-state index contributed by atoms with van der Waals surface area (Å²) in [6.45, 7) is 2.49. The molecule has 0 saturated heterocycles. The Bertz CT molecular complexity index is 3500. The second-order valence-electron chi connectivity index (χ2n) is 18.4. The van der Waals surface area contributed by atoms with E-state index in [0.717, 1.165) is 30.5 Å². The van der Waals surface area contributed by atoms with Gasteiger partial charge in [-0.15, -0.1) is 0 Å². The fraction of sp³-hybridized carbons (Fsp3) is 0.268. The second kappa shape index (κ2) is 22.3. The zero-order valence-corrected chi connectivity index (χ0v) is 44.1. The minimum atomic E-state index is -5.34. The Balaban J connectivity index is 1.21. The molecular formula is C56H52F6N8O7S. The van der Waals surface area contributed by atoms with E-state index in [1.807, 2.05) is 29.2 Å². The largest absolute Gasteiger partial charge is 0.497 e. The van der Waals surface area contributed by atoms with Crippen LogP contribution in [0.1, 0.15) is 51.9 Å². The maximum Gasteiger partial charge on any atom is 0.418 e. The molecule has 78 heavy (non-hydrogen) atoms. The molecule has 1 aliphatic heterocycles. The van der Waals surface area contributed by atoms with Crippen molar-refractivity contribution in [2.75, 3.05) is 62.5 Å². The molecule has 1 aliphatic rings. The quantitative estimate of drug-likeness (QED) is 0.0591. The molecule has 0 bridgehead atoms. The van der Waals surface area contributed by atoms with E-state index < -0.39 is 84.4 Å². The predicted octanol–water partition coefficient (Wildman–Crippen LogP) is 11.0. The van der Waals surface area contributed by atoms with E-state index in [1.165, 1.54) is 25.2 Å². The number of hydrogen-bond donors (Lipinski definition) is 0. The third kappa shape index (κ3) is 11.3. The Hall–Kier alpha value is -8.40. The van der Waals surface area contributed by atoms with E-state index in [0.29, 0.717) is 45.5 Å². The predicted molar refractivity (Wildman–Crippen MR) is 281 cm³/mol. The van der Waals surface area contributed by atoms with Crippen molar-refractivity contribution < 1.29 is 58.4 Å². The SMILES string of the molecule is COc1ccc(CN(Cc2ccc(OC)cc2)c2ncc(F)cc2[C@@H](C)N2CCOc3nc(-c4nc(N(Cc5ccc(OC)cc5)Cc5ccc(OC)cc5)c(F)c(C)c4C(F)(F)F)c(F)c4nc(S(C)(=O)=O)nc2c34)cc1. The van der Waals surface area contributed by atoms with Gasteiger partial charge in [-0.2, -0.15) is 13.2 Å². The zero-order chi connectivity index (χ0) is 55.6. The van der Waals surface area contributed by atoms with E-state index in [4.69, 9.17) is 23.7 Å². The average molecular weight is 1100 g/mol. The third-order valence-corrected chi connectivity index (χ3v) is 14.1. The van der Waals surface area contributed by atoms with Gasteiger partial charge in [-0.25, -0.2) is 46.5 Å². The standard InChI is InChI=1S/C56H52F6N8O7S/c1-32-45(56(60,61)62)49(64-53(46(32)58)69(30-36-12-20-41(75-5)21-13-36)31-37-14-22-42(76-6)23-15-37)50-47(59)48-44-52(67-55(66-48)78(7,71)72)70(24-25-77-54(44)65-50)33(2)43-26-38(57)27-63-51(43)68(28-34-8-16-39(73-3)17-9-34)29-35-10-18-40(74-4)19-11-35/h8-23,26-27,33H,24-25,28-31H2,1-7H3/t33-/m1/s1. The summed E-state index contributed by atoms with van der Waals surface area (Å²) in [7, 11) is 1.65. The Morgan fingerprint density at radius 2 is 1.12 bits per heavy atom. The van der Waals surface area contributed by atoms with E-state index >= 15 is 26.3 Å². The first kappa shape index (κ1) is 54.4. The molecule has 0 unspecified atom stereocenters. The molecular weight excluding hydrogens is 1040 g/mol. The zero-order valence-electron chi connectivity index (χ0n) is 43.3. The molecule has 0 spiro atoms. The van der Waals surface area contributed by atoms with E-state index in [1.54, 1.807) is 98.8 Å². The lowest BCUT2D eigenvalue weighted by molar-refractivity contribution is -0.138. The molecule has 8 aromatic rings. The molecule has 1 atom stereocenters. The van der Waals surface area contributed by atoms with Crippen molar-refractivity contribution in [3.05, 3.63) is 166 Å². The molecule has 0 aliphatic carbocycles. The van der Waals surface area contributed by atoms with Gasteiger partial charge in [0.15, 0.2) is 17.5 Å². The van der Waals surface area contributed by atoms with Crippen molar-refractivity contribution in [3.8, 4) is 40.3 Å². The number of alkyl halides is 3. The molecule has 9 rings (SSSR count). The summed E-state index contributed by atoms with van der Waals surface area (Å²) in [5, 5.41) is -1.20. The van der Waals surface area contributed by atoms with Gasteiger partial charge in [0.2, 0.25) is 20.9 Å². The van der Waals surface area contributed by atoms with Gasteiger partial charge in [0.25, 0.3) is 0 Å². The molecule has 0 amide bonds. The van der Waals surface area contributed by atoms with Gasteiger partial charge in [-0.1, -0.05) is 48.5 Å². The summed E-state index contributed by atoms with van der Waals surface area (Å²) in [6.07, 6.45) is -3.49. The maximum absolute atomic E-state index is 17.9. The number of benzene rings is 4. The monoisotopic (exact) mass is 1090 g/mol. The van der Waals surface area contributed by atoms with Gasteiger partial charge in [0, 0.05) is 43.6 Å². The minimum Gasteiger partial charge on any atom is -0.497 e. The first-order chi connectivity index (χ1) is 37.3. The number of pyridine rings is 3. The van der Waals surface area contributed by atoms with Gasteiger partial charge < -0.3 is 38.4 Å². The highest BCUT2D eigenvalue weighted by atomic mass is 32.2. The number of ether oxygens (including phenoxy) is 5. The first-order valence-electron chi connectivity index (χ1n) is 24.2. The Kier molecular flexibility index (Phi) is 15.5. The number of anilines is 3. The Morgan fingerprint density at radius 3 is 1.55 bits per heavy atom. The lowest BCUT2D eigenvalue weighted by Crippen LogP contribution is -2.33. The molecule has 0 fully saturated rings. The minimum absolute atomic E-state index is 0.0994. The number of rotatable bonds is 18. The van der Waals surface area contributed by atoms with Crippen molar-refractivity contribution in [1.82, 2.24) is 24.9 Å². The van der Waals surface area contributed by atoms with Crippen LogP contribution >= 0.6 is 0 Å².